The van der Waals surface area contributed by atoms with E-state index in [1.807, 2.05) is 34.9 Å². The number of piperazine rings is 1. The van der Waals surface area contributed by atoms with Crippen molar-refractivity contribution in [1.82, 2.24) is 25.4 Å². The molecule has 32 heavy (non-hydrogen) atoms. The quantitative estimate of drug-likeness (QED) is 0.311. The van der Waals surface area contributed by atoms with Gasteiger partial charge in [0.05, 0.1) is 12.2 Å². The summed E-state index contributed by atoms with van der Waals surface area (Å²) in [6, 6.07) is 5.83. The lowest BCUT2D eigenvalue weighted by atomic mass is 10.1. The summed E-state index contributed by atoms with van der Waals surface area (Å²) < 4.78 is 0. The minimum atomic E-state index is 0.208. The van der Waals surface area contributed by atoms with Crippen LogP contribution in [0.2, 0.25) is 0 Å². The molecule has 0 atom stereocenters. The Kier molecular flexibility index (Phi) is 11.6. The minimum Gasteiger partial charge on any atom is -0.357 e. The lowest BCUT2D eigenvalue weighted by Gasteiger charge is -2.35. The highest BCUT2D eigenvalue weighted by Gasteiger charge is 2.23. The van der Waals surface area contributed by atoms with Crippen LogP contribution in [0.1, 0.15) is 58.6 Å². The zero-order chi connectivity index (χ0) is 23.2. The van der Waals surface area contributed by atoms with E-state index in [1.165, 1.54) is 0 Å². The van der Waals surface area contributed by atoms with Gasteiger partial charge in [-0.25, -0.2) is 4.99 Å². The van der Waals surface area contributed by atoms with Crippen molar-refractivity contribution in [3.8, 4) is 0 Å². The lowest BCUT2D eigenvalue weighted by molar-refractivity contribution is -0.140. The van der Waals surface area contributed by atoms with Crippen LogP contribution in [0, 0.1) is 5.92 Å². The van der Waals surface area contributed by atoms with Crippen LogP contribution in [0.3, 0.4) is 0 Å². The van der Waals surface area contributed by atoms with Gasteiger partial charge in [-0.1, -0.05) is 26.3 Å². The number of nitrogens with zero attached hydrogens (tertiary/aromatic N) is 4. The fourth-order valence-corrected chi connectivity index (χ4v) is 3.62. The molecular weight excluding hydrogens is 404 g/mol. The Morgan fingerprint density at radius 3 is 2.38 bits per heavy atom. The van der Waals surface area contributed by atoms with E-state index >= 15 is 0 Å². The number of amides is 2. The molecule has 0 unspecified atom stereocenters. The molecule has 1 saturated heterocycles. The molecule has 1 aromatic rings. The molecule has 178 valence electrons. The number of pyridine rings is 1. The Morgan fingerprint density at radius 1 is 1.03 bits per heavy atom. The topological polar surface area (TPSA) is 89.9 Å². The van der Waals surface area contributed by atoms with Crippen LogP contribution in [-0.4, -0.2) is 71.8 Å². The molecule has 1 aliphatic heterocycles. The van der Waals surface area contributed by atoms with Crippen molar-refractivity contribution in [2.45, 2.75) is 59.4 Å². The van der Waals surface area contributed by atoms with Crippen molar-refractivity contribution in [2.24, 2.45) is 10.9 Å². The highest BCUT2D eigenvalue weighted by Crippen LogP contribution is 2.10. The monoisotopic (exact) mass is 444 g/mol. The van der Waals surface area contributed by atoms with E-state index in [0.29, 0.717) is 51.5 Å². The summed E-state index contributed by atoms with van der Waals surface area (Å²) in [5, 5.41) is 6.60. The second-order valence-electron chi connectivity index (χ2n) is 8.61. The molecule has 8 heteroatoms. The number of carbonyl (C=O) groups is 2. The Morgan fingerprint density at radius 2 is 1.75 bits per heavy atom. The number of carbonyl (C=O) groups excluding carboxylic acids is 2. The van der Waals surface area contributed by atoms with Crippen LogP contribution < -0.4 is 10.6 Å². The highest BCUT2D eigenvalue weighted by atomic mass is 16.2. The molecule has 0 saturated carbocycles. The van der Waals surface area contributed by atoms with Crippen molar-refractivity contribution in [1.29, 1.82) is 0 Å². The Hall–Kier alpha value is -2.64. The average Bonchev–Trinajstić information content (AvgIpc) is 2.79. The SMILES string of the molecule is CCNC(=NCc1ccccn1)NCCCCCC(=O)N1CCN(C(=O)CC(C)C)CC1. The van der Waals surface area contributed by atoms with E-state index in [2.05, 4.69) is 34.5 Å². The van der Waals surface area contributed by atoms with Crippen molar-refractivity contribution < 1.29 is 9.59 Å². The van der Waals surface area contributed by atoms with Crippen molar-refractivity contribution in [2.75, 3.05) is 39.3 Å². The van der Waals surface area contributed by atoms with Crippen LogP contribution in [0.25, 0.3) is 0 Å². The summed E-state index contributed by atoms with van der Waals surface area (Å²) in [5.74, 6) is 1.58. The summed E-state index contributed by atoms with van der Waals surface area (Å²) in [7, 11) is 0. The number of aliphatic imine (C=N–C) groups is 1. The second-order valence-corrected chi connectivity index (χ2v) is 8.61. The first-order valence-corrected chi connectivity index (χ1v) is 12.0. The van der Waals surface area contributed by atoms with Crippen molar-refractivity contribution in [3.05, 3.63) is 30.1 Å². The summed E-state index contributed by atoms with van der Waals surface area (Å²) in [4.78, 5) is 37.3. The van der Waals surface area contributed by atoms with Gasteiger partial charge in [0.15, 0.2) is 5.96 Å². The maximum atomic E-state index is 12.5. The molecule has 0 radical (unpaired) electrons. The predicted molar refractivity (Wildman–Crippen MR) is 128 cm³/mol. The Balaban J connectivity index is 1.58. The zero-order valence-electron chi connectivity index (χ0n) is 20.0. The van der Waals surface area contributed by atoms with Gasteiger partial charge in [-0.05, 0) is 37.8 Å². The summed E-state index contributed by atoms with van der Waals surface area (Å²) in [5.41, 5.74) is 0.938. The summed E-state index contributed by atoms with van der Waals surface area (Å²) in [6.45, 7) is 11.0. The third-order valence-corrected chi connectivity index (χ3v) is 5.40. The van der Waals surface area contributed by atoms with E-state index in [1.54, 1.807) is 6.20 Å². The van der Waals surface area contributed by atoms with E-state index < -0.39 is 0 Å². The Bertz CT molecular complexity index is 714. The fraction of sp³-hybridized carbons (Fsp3) is 0.667. The minimum absolute atomic E-state index is 0.208. The molecule has 1 aliphatic rings. The number of hydrogen-bond acceptors (Lipinski definition) is 4. The molecule has 0 aromatic carbocycles. The normalized spacial score (nSPS) is 14.6. The van der Waals surface area contributed by atoms with Gasteiger partial charge in [-0.3, -0.25) is 14.6 Å². The first-order chi connectivity index (χ1) is 15.5. The average molecular weight is 445 g/mol. The molecule has 2 N–H and O–H groups in total. The van der Waals surface area contributed by atoms with Gasteiger partial charge in [0.1, 0.15) is 0 Å². The largest absolute Gasteiger partial charge is 0.357 e. The van der Waals surface area contributed by atoms with Crippen molar-refractivity contribution in [3.63, 3.8) is 0 Å². The van der Waals surface area contributed by atoms with Crippen molar-refractivity contribution >= 4 is 17.8 Å². The van der Waals surface area contributed by atoms with Crippen LogP contribution in [-0.2, 0) is 16.1 Å². The van der Waals surface area contributed by atoms with Crippen LogP contribution in [0.4, 0.5) is 0 Å². The number of hydrogen-bond donors (Lipinski definition) is 2. The molecule has 2 heterocycles. The third-order valence-electron chi connectivity index (χ3n) is 5.40. The highest BCUT2D eigenvalue weighted by molar-refractivity contribution is 5.79. The number of rotatable bonds is 11. The Labute approximate surface area is 192 Å². The first-order valence-electron chi connectivity index (χ1n) is 12.0. The van der Waals surface area contributed by atoms with Gasteiger partial charge in [-0.15, -0.1) is 0 Å². The summed E-state index contributed by atoms with van der Waals surface area (Å²) >= 11 is 0. The van der Waals surface area contributed by atoms with Gasteiger partial charge in [0.25, 0.3) is 0 Å². The molecule has 1 aromatic heterocycles. The number of unbranched alkanes of at least 4 members (excludes halogenated alkanes) is 2. The van der Waals surface area contributed by atoms with Crippen LogP contribution >= 0.6 is 0 Å². The van der Waals surface area contributed by atoms with E-state index in [9.17, 15) is 9.59 Å². The molecule has 1 fully saturated rings. The third kappa shape index (κ3) is 9.66. The van der Waals surface area contributed by atoms with E-state index in [4.69, 9.17) is 0 Å². The smallest absolute Gasteiger partial charge is 0.222 e. The second kappa shape index (κ2) is 14.4. The maximum absolute atomic E-state index is 12.5. The zero-order valence-corrected chi connectivity index (χ0v) is 20.0. The summed E-state index contributed by atoms with van der Waals surface area (Å²) in [6.07, 6.45) is 5.80. The molecular formula is C24H40N6O2. The first kappa shape index (κ1) is 25.6. The molecule has 2 amide bonds. The number of guanidine groups is 1. The fourth-order valence-electron chi connectivity index (χ4n) is 3.62. The maximum Gasteiger partial charge on any atom is 0.222 e. The number of nitrogens with one attached hydrogen (secondary N) is 2. The lowest BCUT2D eigenvalue weighted by Crippen LogP contribution is -2.50. The van der Waals surface area contributed by atoms with Gasteiger partial charge in [0, 0.05) is 58.3 Å². The van der Waals surface area contributed by atoms with E-state index in [-0.39, 0.29) is 11.8 Å². The molecule has 0 bridgehead atoms. The van der Waals surface area contributed by atoms with E-state index in [0.717, 1.165) is 44.0 Å². The van der Waals surface area contributed by atoms with Gasteiger partial charge >= 0.3 is 0 Å². The van der Waals surface area contributed by atoms with Crippen LogP contribution in [0.5, 0.6) is 0 Å². The molecule has 2 rings (SSSR count). The molecule has 0 aliphatic carbocycles. The molecule has 0 spiro atoms. The van der Waals surface area contributed by atoms with Gasteiger partial charge in [0.2, 0.25) is 11.8 Å². The predicted octanol–water partition coefficient (Wildman–Crippen LogP) is 2.41. The van der Waals surface area contributed by atoms with Gasteiger partial charge in [-0.2, -0.15) is 0 Å². The van der Waals surface area contributed by atoms with Crippen LogP contribution in [0.15, 0.2) is 29.4 Å². The standard InChI is InChI=1S/C24H40N6O2/c1-4-25-24(28-19-21-10-7-9-12-26-21)27-13-8-5-6-11-22(31)29-14-16-30(17-15-29)23(32)18-20(2)3/h7,9-10,12,20H,4-6,8,11,13-19H2,1-3H3,(H2,25,27,28). The molecule has 8 nitrogen and oxygen atoms in total. The van der Waals surface area contributed by atoms with Gasteiger partial charge < -0.3 is 20.4 Å². The number of aromatic nitrogens is 1.